The molecule has 102 valence electrons. The molecule has 0 aromatic heterocycles. The Morgan fingerprint density at radius 1 is 1.35 bits per heavy atom. The number of rotatable bonds is 4. The van der Waals surface area contributed by atoms with Crippen LogP contribution < -0.4 is 0 Å². The molecule has 1 N–H and O–H groups in total. The second kappa shape index (κ2) is 5.39. The summed E-state index contributed by atoms with van der Waals surface area (Å²) < 4.78 is 11.9. The molecule has 0 aromatic carbocycles. The molecule has 1 aliphatic heterocycles. The van der Waals surface area contributed by atoms with E-state index in [0.717, 1.165) is 6.42 Å². The molecule has 0 spiro atoms. The van der Waals surface area contributed by atoms with Gasteiger partial charge in [-0.3, -0.25) is 0 Å². The Kier molecular flexibility index (Phi) is 4.80. The second-order valence-corrected chi connectivity index (χ2v) is 11.6. The molecule has 0 bridgehead atoms. The molecule has 17 heavy (non-hydrogen) atoms. The first-order valence-corrected chi connectivity index (χ1v) is 9.48. The molecule has 0 radical (unpaired) electrons. The van der Waals surface area contributed by atoms with Crippen molar-refractivity contribution in [2.75, 3.05) is 13.2 Å². The number of aliphatic hydroxyl groups excluding tert-OH is 1. The van der Waals surface area contributed by atoms with E-state index in [0.29, 0.717) is 12.5 Å². The first-order chi connectivity index (χ1) is 7.67. The van der Waals surface area contributed by atoms with Crippen LogP contribution in [0.15, 0.2) is 0 Å². The van der Waals surface area contributed by atoms with Crippen LogP contribution in [0.25, 0.3) is 0 Å². The van der Waals surface area contributed by atoms with Crippen LogP contribution in [0, 0.1) is 5.92 Å². The van der Waals surface area contributed by atoms with Gasteiger partial charge in [0.05, 0.1) is 25.4 Å². The maximum Gasteiger partial charge on any atom is 0.192 e. The van der Waals surface area contributed by atoms with E-state index in [1.807, 2.05) is 0 Å². The fourth-order valence-electron chi connectivity index (χ4n) is 1.85. The number of aliphatic hydroxyl groups is 1. The van der Waals surface area contributed by atoms with Gasteiger partial charge in [-0.2, -0.15) is 0 Å². The molecule has 3 atom stereocenters. The zero-order valence-electron chi connectivity index (χ0n) is 12.1. The standard InChI is InChI=1S/C13H28O3Si/c1-10-7-11(16-12(10)8-14)9-15-17(5,6)13(2,3)4/h10-12,14H,7-9H2,1-6H3/t10-,11-,12+/m1/s1. The van der Waals surface area contributed by atoms with E-state index < -0.39 is 8.32 Å². The van der Waals surface area contributed by atoms with E-state index in [1.165, 1.54) is 0 Å². The van der Waals surface area contributed by atoms with Crippen LogP contribution in [-0.2, 0) is 9.16 Å². The summed E-state index contributed by atoms with van der Waals surface area (Å²) in [4.78, 5) is 0. The molecule has 1 fully saturated rings. The van der Waals surface area contributed by atoms with Crippen molar-refractivity contribution < 1.29 is 14.3 Å². The maximum absolute atomic E-state index is 9.15. The normalized spacial score (nSPS) is 30.9. The molecule has 1 rings (SSSR count). The fraction of sp³-hybridized carbons (Fsp3) is 1.00. The quantitative estimate of drug-likeness (QED) is 0.790. The van der Waals surface area contributed by atoms with Crippen LogP contribution in [0.5, 0.6) is 0 Å². The first kappa shape index (κ1) is 15.2. The molecule has 0 unspecified atom stereocenters. The van der Waals surface area contributed by atoms with Gasteiger partial charge in [-0.25, -0.2) is 0 Å². The Morgan fingerprint density at radius 2 is 1.94 bits per heavy atom. The molecule has 0 amide bonds. The molecule has 0 saturated carbocycles. The molecule has 1 aliphatic rings. The van der Waals surface area contributed by atoms with Gasteiger partial charge < -0.3 is 14.3 Å². The summed E-state index contributed by atoms with van der Waals surface area (Å²) in [6.45, 7) is 14.2. The monoisotopic (exact) mass is 260 g/mol. The molecule has 1 heterocycles. The van der Waals surface area contributed by atoms with Gasteiger partial charge in [-0.15, -0.1) is 0 Å². The predicted molar refractivity (Wildman–Crippen MR) is 72.7 cm³/mol. The Bertz CT molecular complexity index is 248. The third kappa shape index (κ3) is 3.78. The highest BCUT2D eigenvalue weighted by Gasteiger charge is 2.39. The van der Waals surface area contributed by atoms with Crippen molar-refractivity contribution in [1.82, 2.24) is 0 Å². The maximum atomic E-state index is 9.15. The molecular formula is C13H28O3Si. The Labute approximate surface area is 107 Å². The largest absolute Gasteiger partial charge is 0.414 e. The van der Waals surface area contributed by atoms with Crippen LogP contribution in [-0.4, -0.2) is 38.8 Å². The van der Waals surface area contributed by atoms with Crippen molar-refractivity contribution in [3.63, 3.8) is 0 Å². The minimum Gasteiger partial charge on any atom is -0.414 e. The zero-order valence-corrected chi connectivity index (χ0v) is 13.1. The summed E-state index contributed by atoms with van der Waals surface area (Å²) in [7, 11) is -1.67. The minimum absolute atomic E-state index is 0.00279. The average Bonchev–Trinajstić information content (AvgIpc) is 2.54. The van der Waals surface area contributed by atoms with Crippen LogP contribution in [0.1, 0.15) is 34.1 Å². The van der Waals surface area contributed by atoms with Gasteiger partial charge in [0.2, 0.25) is 0 Å². The molecule has 4 heteroatoms. The highest BCUT2D eigenvalue weighted by atomic mass is 28.4. The zero-order chi connectivity index (χ0) is 13.3. The smallest absolute Gasteiger partial charge is 0.192 e. The summed E-state index contributed by atoms with van der Waals surface area (Å²) in [6, 6.07) is 0. The lowest BCUT2D eigenvalue weighted by Gasteiger charge is -2.36. The van der Waals surface area contributed by atoms with Gasteiger partial charge in [0.15, 0.2) is 8.32 Å². The van der Waals surface area contributed by atoms with Gasteiger partial charge in [0, 0.05) is 0 Å². The lowest BCUT2D eigenvalue weighted by molar-refractivity contribution is -0.0168. The van der Waals surface area contributed by atoms with Gasteiger partial charge in [0.25, 0.3) is 0 Å². The van der Waals surface area contributed by atoms with Gasteiger partial charge in [-0.05, 0) is 30.5 Å². The van der Waals surface area contributed by atoms with E-state index in [9.17, 15) is 0 Å². The van der Waals surface area contributed by atoms with Crippen molar-refractivity contribution in [3.8, 4) is 0 Å². The van der Waals surface area contributed by atoms with Gasteiger partial charge >= 0.3 is 0 Å². The van der Waals surface area contributed by atoms with Crippen molar-refractivity contribution in [1.29, 1.82) is 0 Å². The van der Waals surface area contributed by atoms with Crippen molar-refractivity contribution in [2.24, 2.45) is 5.92 Å². The van der Waals surface area contributed by atoms with E-state index in [1.54, 1.807) is 0 Å². The summed E-state index contributed by atoms with van der Waals surface area (Å²) in [5, 5.41) is 9.40. The third-order valence-electron chi connectivity index (χ3n) is 4.25. The van der Waals surface area contributed by atoms with Crippen LogP contribution in [0.3, 0.4) is 0 Å². The van der Waals surface area contributed by atoms with Crippen molar-refractivity contribution in [2.45, 2.75) is 64.5 Å². The van der Waals surface area contributed by atoms with Crippen LogP contribution in [0.2, 0.25) is 18.1 Å². The van der Waals surface area contributed by atoms with Crippen LogP contribution in [0.4, 0.5) is 0 Å². The number of hydrogen-bond acceptors (Lipinski definition) is 3. The molecule has 1 saturated heterocycles. The fourth-order valence-corrected chi connectivity index (χ4v) is 2.89. The SMILES string of the molecule is C[C@@H]1C[C@H](CO[Si](C)(C)C(C)(C)C)O[C@H]1CO. The van der Waals surface area contributed by atoms with E-state index in [4.69, 9.17) is 14.3 Å². The summed E-state index contributed by atoms with van der Waals surface area (Å²) in [6.07, 6.45) is 1.17. The lowest BCUT2D eigenvalue weighted by atomic mass is 10.0. The average molecular weight is 260 g/mol. The first-order valence-electron chi connectivity index (χ1n) is 6.57. The molecule has 3 nitrogen and oxygen atoms in total. The minimum atomic E-state index is -1.67. The third-order valence-corrected chi connectivity index (χ3v) is 8.75. The van der Waals surface area contributed by atoms with Crippen molar-refractivity contribution in [3.05, 3.63) is 0 Å². The highest BCUT2D eigenvalue weighted by molar-refractivity contribution is 6.74. The topological polar surface area (TPSA) is 38.7 Å². The number of hydrogen-bond donors (Lipinski definition) is 1. The van der Waals surface area contributed by atoms with Crippen LogP contribution >= 0.6 is 0 Å². The van der Waals surface area contributed by atoms with Gasteiger partial charge in [-0.1, -0.05) is 27.7 Å². The van der Waals surface area contributed by atoms with Crippen molar-refractivity contribution >= 4 is 8.32 Å². The van der Waals surface area contributed by atoms with E-state index >= 15 is 0 Å². The summed E-state index contributed by atoms with van der Waals surface area (Å²) in [5.74, 6) is 0.438. The Balaban J connectivity index is 2.43. The summed E-state index contributed by atoms with van der Waals surface area (Å²) >= 11 is 0. The highest BCUT2D eigenvalue weighted by Crippen LogP contribution is 2.37. The number of ether oxygens (including phenoxy) is 1. The Hall–Kier alpha value is 0.0969. The van der Waals surface area contributed by atoms with E-state index in [-0.39, 0.29) is 23.9 Å². The molecular weight excluding hydrogens is 232 g/mol. The molecule has 0 aliphatic carbocycles. The lowest BCUT2D eigenvalue weighted by Crippen LogP contribution is -2.42. The summed E-state index contributed by atoms with van der Waals surface area (Å²) in [5.41, 5.74) is 0. The molecule has 0 aromatic rings. The van der Waals surface area contributed by atoms with Gasteiger partial charge in [0.1, 0.15) is 0 Å². The second-order valence-electron chi connectivity index (χ2n) is 6.76. The Morgan fingerprint density at radius 3 is 2.35 bits per heavy atom. The predicted octanol–water partition coefficient (Wildman–Crippen LogP) is 2.79. The van der Waals surface area contributed by atoms with E-state index in [2.05, 4.69) is 40.8 Å².